The predicted molar refractivity (Wildman–Crippen MR) is 251 cm³/mol. The van der Waals surface area contributed by atoms with Crippen LogP contribution in [0.1, 0.15) is 124 Å². The Morgan fingerprint density at radius 2 is 0.697 bits per heavy atom. The molecule has 0 bridgehead atoms. The van der Waals surface area contributed by atoms with Crippen LogP contribution in [0.2, 0.25) is 5.15 Å². The molecular formula is C42H75ClN6O10P2Y38. The van der Waals surface area contributed by atoms with E-state index in [1.165, 1.54) is 18.3 Å². The third-order valence-electron chi connectivity index (χ3n) is 7.65. The summed E-state index contributed by atoms with van der Waals surface area (Å²) < 4.78 is 15.2. The molecular weight excluding hydrogens is 4220 g/mol. The minimum absolute atomic E-state index is 0. The number of piperidine rings is 2. The van der Waals surface area contributed by atoms with Crippen LogP contribution in [-0.4, -0.2) is 113 Å². The fraction of sp³-hybridized carbons (Fsp3) is 0.643. The van der Waals surface area contributed by atoms with Crippen molar-refractivity contribution < 1.29 is 1290 Å². The second-order valence-corrected chi connectivity index (χ2v) is 17.1. The molecule has 2 aliphatic heterocycles. The summed E-state index contributed by atoms with van der Waals surface area (Å²) >= 11 is 5.43. The van der Waals surface area contributed by atoms with Crippen molar-refractivity contribution in [3.63, 3.8) is 0 Å². The molecule has 2 aliphatic rings. The number of carboxylic acid groups (broad SMARTS) is 2. The minimum Gasteiger partial charge on any atom is -0.478 e. The average Bonchev–Trinajstić information content (AvgIpc) is 3.13. The van der Waals surface area contributed by atoms with Crippen LogP contribution in [-0.2, 0) is 1260 Å². The van der Waals surface area contributed by atoms with Gasteiger partial charge in [-0.1, -0.05) is 33.1 Å². The van der Waals surface area contributed by atoms with E-state index in [0.29, 0.717) is 24.2 Å². The molecule has 57 heteroatoms. The fourth-order valence-electron chi connectivity index (χ4n) is 5.18. The van der Waals surface area contributed by atoms with E-state index >= 15 is 0 Å². The number of amides is 2. The topological polar surface area (TPSA) is 219 Å². The monoisotopic (exact) mass is 4300 g/mol. The summed E-state index contributed by atoms with van der Waals surface area (Å²) in [7, 11) is 4.38. The van der Waals surface area contributed by atoms with Gasteiger partial charge in [0.25, 0.3) is 0 Å². The number of nitrogens with zero attached hydrogens (tertiary/aromatic N) is 3. The number of rotatable bonds is 7. The number of hydrogen-bond donors (Lipinski definition) is 5. The zero-order valence-corrected chi connectivity index (χ0v) is 169. The standard InChI is InChI=1S/C17H25N3O4.C11H22N2O2.C6H4ClNO2.C5H11O2P.CH5P.2CH4.38Y/c1-17(2,3)24-16(23)19-11-12-6-9-20(10-7-12)14-13(15(21)22)5-4-8-18-14;1-11(2,3)15-10(14)13-8-9-4-6-12-7-5-9;7-5-4(6(9)10)2-1-3-8-5;1-5(2,3)7-4(6)8;1-2;;;;;;;;;;;;;;;;;;;;;;;;;;;;;;;;;;;;;;;;/h4-5,8,12H,6-7,9-11H2,1-3H3,(H,19,23)(H,21,22);9,12H,4-8H2,1-3H3,(H,13,14);1-3H,(H,9,10);8H2,1-3H3;2H2,1H3;2*1H4;;;;;;;;;;;;;;;;;;;;;;;;;;;;;;;;;;;;;;. The molecule has 16 nitrogen and oxygen atoms in total. The molecule has 2 unspecified atom stereocenters. The van der Waals surface area contributed by atoms with E-state index in [4.69, 9.17) is 30.9 Å². The molecule has 2 aromatic heterocycles. The number of nitrogens with one attached hydrogen (secondary N) is 3. The first-order valence-corrected chi connectivity index (χ1v) is 21.5. The van der Waals surface area contributed by atoms with Crippen LogP contribution in [0.5, 0.6) is 0 Å². The van der Waals surface area contributed by atoms with Crippen molar-refractivity contribution in [3.05, 3.63) is 52.9 Å². The van der Waals surface area contributed by atoms with Crippen molar-refractivity contribution in [1.29, 1.82) is 0 Å². The number of ether oxygens (including phenoxy) is 3. The average molecular weight is 4300 g/mol. The van der Waals surface area contributed by atoms with Gasteiger partial charge in [-0.25, -0.2) is 33.9 Å². The Morgan fingerprint density at radius 3 is 0.909 bits per heavy atom. The molecule has 0 aromatic carbocycles. The number of carbonyl (C=O) groups excluding carboxylic acids is 3. The summed E-state index contributed by atoms with van der Waals surface area (Å²) in [5.74, 6) is -0.557. The summed E-state index contributed by atoms with van der Waals surface area (Å²) in [5, 5.41) is 26.6. The van der Waals surface area contributed by atoms with Gasteiger partial charge in [-0.15, -0.1) is 9.24 Å². The van der Waals surface area contributed by atoms with Gasteiger partial charge in [0.15, 0.2) is 0 Å². The van der Waals surface area contributed by atoms with Crippen LogP contribution in [0.15, 0.2) is 36.7 Å². The third kappa shape index (κ3) is 185. The zero-order valence-electron chi connectivity index (χ0n) is 58.2. The van der Waals surface area contributed by atoms with Gasteiger partial charge in [0.1, 0.15) is 33.3 Å². The van der Waals surface area contributed by atoms with Crippen LogP contribution in [0, 0.1) is 11.8 Å². The van der Waals surface area contributed by atoms with Crippen molar-refractivity contribution in [2.45, 2.75) is 120 Å². The molecule has 0 spiro atoms. The van der Waals surface area contributed by atoms with Gasteiger partial charge in [-0.3, -0.25) is 0 Å². The first-order valence-electron chi connectivity index (χ1n) is 19.3. The van der Waals surface area contributed by atoms with Gasteiger partial charge >= 0.3 is 29.8 Å². The van der Waals surface area contributed by atoms with Crippen molar-refractivity contribution in [1.82, 2.24) is 25.9 Å². The molecule has 0 saturated carbocycles. The Bertz CT molecular complexity index is 1680. The van der Waals surface area contributed by atoms with Crippen molar-refractivity contribution in [3.8, 4) is 0 Å². The van der Waals surface area contributed by atoms with Crippen LogP contribution >= 0.6 is 30.1 Å². The van der Waals surface area contributed by atoms with Gasteiger partial charge in [0, 0.05) is 1280 Å². The summed E-state index contributed by atoms with van der Waals surface area (Å²) in [6.45, 7) is 23.4. The number of carbonyl (C=O) groups is 5. The van der Waals surface area contributed by atoms with E-state index in [1.54, 1.807) is 18.3 Å². The Kier molecular flexibility index (Phi) is 512. The van der Waals surface area contributed by atoms with Crippen molar-refractivity contribution in [2.75, 3.05) is 50.8 Å². The zero-order chi connectivity index (χ0) is 45.4. The SMILES string of the molecule is C.C.CC(C)(C)OC(=O)NCC1CCN(c2ncccc2C(=O)O)CC1.CC(C)(C)OC(=O)NCC1CCNCC1.CC(C)(C)OC(=O)P.CP.O=C(O)c1cccnc1Cl.[Y].[Y].[Y].[Y].[Y].[Y].[Y].[Y].[Y].[Y].[Y].[Y].[Y].[Y].[Y].[Y].[Y].[Y].[Y].[Y].[Y].[Y].[Y].[Y].[Y].[Y].[Y].[Y].[Y].[Y].[Y].[Y].[Y].[Y].[Y].[Y].[Y].[Y]. The number of aromatic carboxylic acids is 2. The van der Waals surface area contributed by atoms with Gasteiger partial charge < -0.3 is 45.3 Å². The first-order chi connectivity index (χ1) is 27.4. The Balaban J connectivity index is -0.0000000106. The minimum atomic E-state index is -1.06. The molecule has 2 atom stereocenters. The first kappa shape index (κ1) is 275. The van der Waals surface area contributed by atoms with E-state index in [-0.39, 0.29) is 1290 Å². The number of hydrogen-bond acceptors (Lipinski definition) is 12. The van der Waals surface area contributed by atoms with Crippen LogP contribution in [0.25, 0.3) is 0 Å². The Morgan fingerprint density at radius 1 is 0.455 bits per heavy atom. The second-order valence-electron chi connectivity index (χ2n) is 16.2. The molecule has 464 valence electrons. The molecule has 99 heavy (non-hydrogen) atoms. The van der Waals surface area contributed by atoms with E-state index < -0.39 is 29.2 Å². The van der Waals surface area contributed by atoms with Crippen molar-refractivity contribution in [2.24, 2.45) is 11.8 Å². The molecule has 2 saturated heterocycles. The number of halogens is 1. The smallest absolute Gasteiger partial charge is 0.407 e. The van der Waals surface area contributed by atoms with Crippen LogP contribution < -0.4 is 20.9 Å². The Hall–Kier alpha value is 38.1. The van der Waals surface area contributed by atoms with E-state index in [2.05, 4.69) is 35.2 Å². The molecule has 5 N–H and O–H groups in total. The van der Waals surface area contributed by atoms with Crippen LogP contribution in [0.4, 0.5) is 20.2 Å². The van der Waals surface area contributed by atoms with Gasteiger partial charge in [0.05, 0.1) is 5.56 Å². The molecule has 2 amide bonds. The van der Waals surface area contributed by atoms with Gasteiger partial charge in [0.2, 0.25) is 0 Å². The molecule has 2 aromatic rings. The molecule has 2 fully saturated rings. The number of anilines is 1. The van der Waals surface area contributed by atoms with Gasteiger partial charge in [-0.2, -0.15) is 0 Å². The molecule has 4 heterocycles. The van der Waals surface area contributed by atoms with E-state index in [9.17, 15) is 29.1 Å². The number of alkyl carbamates (subject to hydrolysis) is 2. The maximum atomic E-state index is 11.7. The molecule has 4 rings (SSSR count). The van der Waals surface area contributed by atoms with Crippen LogP contribution in [0.3, 0.4) is 0 Å². The predicted octanol–water partition coefficient (Wildman–Crippen LogP) is 8.93. The summed E-state index contributed by atoms with van der Waals surface area (Å²) in [6, 6.07) is 6.12. The summed E-state index contributed by atoms with van der Waals surface area (Å²) in [5.41, 5.74) is -1.30. The molecule has 38 radical (unpaired) electrons. The fourth-order valence-corrected chi connectivity index (χ4v) is 5.74. The van der Waals surface area contributed by atoms with Crippen molar-refractivity contribution >= 4 is 65.7 Å². The van der Waals surface area contributed by atoms with E-state index in [0.717, 1.165) is 58.4 Å². The normalized spacial score (nSPS) is 8.56. The summed E-state index contributed by atoms with van der Waals surface area (Å²) in [4.78, 5) is 64.6. The maximum Gasteiger partial charge on any atom is 0.407 e. The molecule has 0 aliphatic carbocycles. The number of pyridine rings is 2. The quantitative estimate of drug-likeness (QED) is 0.0994. The maximum absolute atomic E-state index is 11.7. The number of aromatic nitrogens is 2. The van der Waals surface area contributed by atoms with Gasteiger partial charge in [-0.05, 0) is 146 Å². The summed E-state index contributed by atoms with van der Waals surface area (Å²) in [6.07, 6.45) is 6.35. The second kappa shape index (κ2) is 184. The van der Waals surface area contributed by atoms with E-state index in [1.807, 2.05) is 83.1 Å². The number of carboxylic acids is 2. The third-order valence-corrected chi connectivity index (χ3v) is 8.07. The Labute approximate surface area is 1570 Å². The largest absolute Gasteiger partial charge is 0.478 e.